The van der Waals surface area contributed by atoms with Crippen LogP contribution in [0.15, 0.2) is 48.7 Å². The summed E-state index contributed by atoms with van der Waals surface area (Å²) < 4.78 is 8.47. The first-order valence-electron chi connectivity index (χ1n) is 9.58. The molecular weight excluding hydrogens is 370 g/mol. The van der Waals surface area contributed by atoms with E-state index in [9.17, 15) is 4.79 Å². The van der Waals surface area contributed by atoms with Gasteiger partial charge in [0.2, 0.25) is 0 Å². The molecule has 0 radical (unpaired) electrons. The number of carbonyl (C=O) groups excluding carboxylic acids is 1. The van der Waals surface area contributed by atoms with Crippen LogP contribution in [0.25, 0.3) is 26.4 Å². The van der Waals surface area contributed by atoms with E-state index in [4.69, 9.17) is 9.72 Å². The van der Waals surface area contributed by atoms with Crippen LogP contribution in [0.5, 0.6) is 5.75 Å². The van der Waals surface area contributed by atoms with Crippen LogP contribution in [-0.4, -0.2) is 28.4 Å². The lowest BCUT2D eigenvalue weighted by Crippen LogP contribution is -2.32. The molecule has 2 heterocycles. The quantitative estimate of drug-likeness (QED) is 0.538. The van der Waals surface area contributed by atoms with E-state index in [0.29, 0.717) is 6.04 Å². The van der Waals surface area contributed by atoms with Crippen LogP contribution in [0.4, 0.5) is 0 Å². The van der Waals surface area contributed by atoms with Gasteiger partial charge in [-0.25, -0.2) is 4.98 Å². The Bertz CT molecular complexity index is 1170. The fourth-order valence-electron chi connectivity index (χ4n) is 3.90. The standard InChI is InChI=1S/C22H21N3O2S/c1-27-17-8-4-5-14(11-17)18-13-25-19-10-9-15(12-20(19)28-22(25)24-18)21(26)23-16-6-2-3-7-16/h4-5,8-13,16H,2-3,6-7H2,1H3,(H,23,26). The predicted octanol–water partition coefficient (Wildman–Crippen LogP) is 4.90. The molecule has 1 aliphatic carbocycles. The van der Waals surface area contributed by atoms with Gasteiger partial charge in [-0.1, -0.05) is 36.3 Å². The molecule has 0 unspecified atom stereocenters. The third-order valence-electron chi connectivity index (χ3n) is 5.41. The average molecular weight is 391 g/mol. The topological polar surface area (TPSA) is 55.6 Å². The average Bonchev–Trinajstić information content (AvgIpc) is 3.43. The molecule has 1 aliphatic rings. The third kappa shape index (κ3) is 3.03. The summed E-state index contributed by atoms with van der Waals surface area (Å²) in [6, 6.07) is 14.1. The summed E-state index contributed by atoms with van der Waals surface area (Å²) in [5.74, 6) is 0.841. The van der Waals surface area contributed by atoms with Crippen molar-refractivity contribution < 1.29 is 9.53 Å². The van der Waals surface area contributed by atoms with Gasteiger partial charge in [-0.2, -0.15) is 0 Å². The highest BCUT2D eigenvalue weighted by molar-refractivity contribution is 7.23. The van der Waals surface area contributed by atoms with Crippen molar-refractivity contribution in [2.24, 2.45) is 0 Å². The highest BCUT2D eigenvalue weighted by atomic mass is 32.1. The second kappa shape index (κ2) is 6.95. The SMILES string of the molecule is COc1cccc(-c2cn3c(n2)sc2cc(C(=O)NC4CCCC4)ccc23)c1. The second-order valence-corrected chi connectivity index (χ2v) is 8.26. The van der Waals surface area contributed by atoms with Gasteiger partial charge in [-0.05, 0) is 43.2 Å². The van der Waals surface area contributed by atoms with Crippen LogP contribution in [0, 0.1) is 0 Å². The van der Waals surface area contributed by atoms with Crippen LogP contribution >= 0.6 is 11.3 Å². The summed E-state index contributed by atoms with van der Waals surface area (Å²) in [4.78, 5) is 18.3. The minimum Gasteiger partial charge on any atom is -0.497 e. The molecule has 1 N–H and O–H groups in total. The molecular formula is C22H21N3O2S. The molecule has 2 aromatic carbocycles. The number of imidazole rings is 1. The van der Waals surface area contributed by atoms with Crippen molar-refractivity contribution in [1.29, 1.82) is 0 Å². The Morgan fingerprint density at radius 3 is 2.89 bits per heavy atom. The number of hydrogen-bond donors (Lipinski definition) is 1. The summed E-state index contributed by atoms with van der Waals surface area (Å²) in [6.45, 7) is 0. The van der Waals surface area contributed by atoms with Gasteiger partial charge in [0, 0.05) is 23.4 Å². The molecule has 5 rings (SSSR count). The maximum atomic E-state index is 12.6. The van der Waals surface area contributed by atoms with Crippen molar-refractivity contribution in [3.63, 3.8) is 0 Å². The van der Waals surface area contributed by atoms with Gasteiger partial charge >= 0.3 is 0 Å². The monoisotopic (exact) mass is 391 g/mol. The zero-order valence-electron chi connectivity index (χ0n) is 15.6. The van der Waals surface area contributed by atoms with Gasteiger partial charge < -0.3 is 10.1 Å². The summed E-state index contributed by atoms with van der Waals surface area (Å²) in [5.41, 5.74) is 3.72. The van der Waals surface area contributed by atoms with Crippen molar-refractivity contribution in [2.75, 3.05) is 7.11 Å². The van der Waals surface area contributed by atoms with E-state index < -0.39 is 0 Å². The number of aromatic nitrogens is 2. The molecule has 1 amide bonds. The number of benzene rings is 2. The molecule has 4 aromatic rings. The summed E-state index contributed by atoms with van der Waals surface area (Å²) in [6.07, 6.45) is 6.65. The first-order chi connectivity index (χ1) is 13.7. The molecule has 0 atom stereocenters. The van der Waals surface area contributed by atoms with E-state index in [0.717, 1.165) is 50.6 Å². The van der Waals surface area contributed by atoms with Gasteiger partial charge in [0.25, 0.3) is 5.91 Å². The van der Waals surface area contributed by atoms with Crippen molar-refractivity contribution in [3.05, 3.63) is 54.2 Å². The largest absolute Gasteiger partial charge is 0.497 e. The highest BCUT2D eigenvalue weighted by Crippen LogP contribution is 2.31. The van der Waals surface area contributed by atoms with Crippen LogP contribution in [0.1, 0.15) is 36.0 Å². The fraction of sp³-hybridized carbons (Fsp3) is 0.273. The maximum absolute atomic E-state index is 12.6. The minimum atomic E-state index is 0.0249. The number of nitrogens with one attached hydrogen (secondary N) is 1. The van der Waals surface area contributed by atoms with Crippen molar-refractivity contribution >= 4 is 32.4 Å². The molecule has 1 fully saturated rings. The lowest BCUT2D eigenvalue weighted by atomic mass is 10.1. The number of methoxy groups -OCH3 is 1. The molecule has 142 valence electrons. The van der Waals surface area contributed by atoms with Gasteiger partial charge in [-0.3, -0.25) is 9.20 Å². The Hall–Kier alpha value is -2.86. The number of fused-ring (bicyclic) bond motifs is 3. The lowest BCUT2D eigenvalue weighted by molar-refractivity contribution is 0.0938. The number of ether oxygens (including phenoxy) is 1. The number of nitrogens with zero attached hydrogens (tertiary/aromatic N) is 2. The summed E-state index contributed by atoms with van der Waals surface area (Å²) in [5, 5.41) is 3.16. The number of thiazole rings is 1. The number of hydrogen-bond acceptors (Lipinski definition) is 4. The zero-order valence-corrected chi connectivity index (χ0v) is 16.5. The van der Waals surface area contributed by atoms with E-state index in [1.54, 1.807) is 18.4 Å². The highest BCUT2D eigenvalue weighted by Gasteiger charge is 2.19. The molecule has 6 heteroatoms. The van der Waals surface area contributed by atoms with Gasteiger partial charge in [0.15, 0.2) is 4.96 Å². The Morgan fingerprint density at radius 2 is 2.07 bits per heavy atom. The number of rotatable bonds is 4. The van der Waals surface area contributed by atoms with E-state index in [1.165, 1.54) is 12.8 Å². The molecule has 0 spiro atoms. The maximum Gasteiger partial charge on any atom is 0.251 e. The molecule has 28 heavy (non-hydrogen) atoms. The van der Waals surface area contributed by atoms with Gasteiger partial charge in [-0.15, -0.1) is 0 Å². The molecule has 0 aliphatic heterocycles. The fourth-order valence-corrected chi connectivity index (χ4v) is 4.95. The minimum absolute atomic E-state index is 0.0249. The Balaban J connectivity index is 1.47. The number of amides is 1. The van der Waals surface area contributed by atoms with Crippen LogP contribution < -0.4 is 10.1 Å². The Labute approximate surface area is 167 Å². The second-order valence-electron chi connectivity index (χ2n) is 7.25. The van der Waals surface area contributed by atoms with Crippen LogP contribution in [-0.2, 0) is 0 Å². The van der Waals surface area contributed by atoms with Crippen molar-refractivity contribution in [3.8, 4) is 17.0 Å². The van der Waals surface area contributed by atoms with E-state index in [1.807, 2.05) is 48.7 Å². The molecule has 0 bridgehead atoms. The molecule has 0 saturated heterocycles. The first-order valence-corrected chi connectivity index (χ1v) is 10.4. The van der Waals surface area contributed by atoms with Crippen LogP contribution in [0.2, 0.25) is 0 Å². The smallest absolute Gasteiger partial charge is 0.251 e. The Morgan fingerprint density at radius 1 is 1.21 bits per heavy atom. The van der Waals surface area contributed by atoms with Crippen molar-refractivity contribution in [1.82, 2.24) is 14.7 Å². The van der Waals surface area contributed by atoms with Crippen molar-refractivity contribution in [2.45, 2.75) is 31.7 Å². The van der Waals surface area contributed by atoms with Gasteiger partial charge in [0.05, 0.1) is 23.0 Å². The van der Waals surface area contributed by atoms with E-state index in [-0.39, 0.29) is 5.91 Å². The molecule has 2 aromatic heterocycles. The normalized spacial score (nSPS) is 14.8. The number of carbonyl (C=O) groups is 1. The Kier molecular flexibility index (Phi) is 4.28. The predicted molar refractivity (Wildman–Crippen MR) is 112 cm³/mol. The summed E-state index contributed by atoms with van der Waals surface area (Å²) in [7, 11) is 1.67. The molecule has 5 nitrogen and oxygen atoms in total. The third-order valence-corrected chi connectivity index (χ3v) is 6.43. The molecule has 1 saturated carbocycles. The van der Waals surface area contributed by atoms with Crippen LogP contribution in [0.3, 0.4) is 0 Å². The zero-order chi connectivity index (χ0) is 19.1. The van der Waals surface area contributed by atoms with E-state index in [2.05, 4.69) is 9.72 Å². The summed E-state index contributed by atoms with van der Waals surface area (Å²) >= 11 is 1.60. The first kappa shape index (κ1) is 17.3. The lowest BCUT2D eigenvalue weighted by Gasteiger charge is -2.11. The van der Waals surface area contributed by atoms with E-state index >= 15 is 0 Å². The van der Waals surface area contributed by atoms with Gasteiger partial charge in [0.1, 0.15) is 5.75 Å².